The van der Waals surface area contributed by atoms with Crippen molar-refractivity contribution in [2.24, 2.45) is 4.99 Å². The Morgan fingerprint density at radius 2 is 1.68 bits per heavy atom. The molecular formula is C16H13NO2. The molecule has 94 valence electrons. The molecule has 0 radical (unpaired) electrons. The van der Waals surface area contributed by atoms with Gasteiger partial charge in [-0.2, -0.15) is 0 Å². The van der Waals surface area contributed by atoms with E-state index in [0.29, 0.717) is 23.6 Å². The Hall–Kier alpha value is -2.42. The molecule has 0 bridgehead atoms. The second-order valence-corrected chi connectivity index (χ2v) is 4.40. The fourth-order valence-corrected chi connectivity index (χ4v) is 2.28. The molecule has 3 nitrogen and oxygen atoms in total. The van der Waals surface area contributed by atoms with Crippen LogP contribution in [0, 0.1) is 0 Å². The zero-order chi connectivity index (χ0) is 13.2. The van der Waals surface area contributed by atoms with Crippen LogP contribution in [0.3, 0.4) is 0 Å². The van der Waals surface area contributed by atoms with Crippen molar-refractivity contribution < 1.29 is 9.53 Å². The Bertz CT molecular complexity index is 674. The second-order valence-electron chi connectivity index (χ2n) is 4.40. The number of methoxy groups -OCH3 is 1. The molecule has 2 aromatic rings. The number of nitrogens with zero attached hydrogens (tertiary/aromatic N) is 1. The van der Waals surface area contributed by atoms with Gasteiger partial charge in [-0.3, -0.25) is 4.79 Å². The highest BCUT2D eigenvalue weighted by Crippen LogP contribution is 2.26. The van der Waals surface area contributed by atoms with Gasteiger partial charge in [0.15, 0.2) is 5.78 Å². The minimum Gasteiger partial charge on any atom is -0.481 e. The normalized spacial score (nSPS) is 13.7. The highest BCUT2D eigenvalue weighted by Gasteiger charge is 2.19. The van der Waals surface area contributed by atoms with E-state index in [0.717, 1.165) is 11.1 Å². The number of para-hydroxylation sites is 1. The summed E-state index contributed by atoms with van der Waals surface area (Å²) in [5, 5.41) is 0. The minimum absolute atomic E-state index is 0.0851. The van der Waals surface area contributed by atoms with Crippen LogP contribution in [-0.4, -0.2) is 18.8 Å². The van der Waals surface area contributed by atoms with E-state index in [9.17, 15) is 4.79 Å². The van der Waals surface area contributed by atoms with Crippen molar-refractivity contribution in [1.29, 1.82) is 0 Å². The van der Waals surface area contributed by atoms with Gasteiger partial charge in [0.25, 0.3) is 0 Å². The van der Waals surface area contributed by atoms with E-state index in [1.54, 1.807) is 7.11 Å². The Kier molecular flexibility index (Phi) is 2.88. The maximum absolute atomic E-state index is 12.3. The van der Waals surface area contributed by atoms with Gasteiger partial charge in [-0.05, 0) is 23.8 Å². The van der Waals surface area contributed by atoms with Crippen LogP contribution in [0.5, 0.6) is 0 Å². The zero-order valence-electron chi connectivity index (χ0n) is 10.6. The summed E-state index contributed by atoms with van der Waals surface area (Å²) in [5.41, 5.74) is 3.14. The minimum atomic E-state index is 0.0851. The molecule has 0 aliphatic carbocycles. The molecule has 0 aromatic heterocycles. The maximum atomic E-state index is 12.3. The summed E-state index contributed by atoms with van der Waals surface area (Å²) < 4.78 is 5.38. The van der Waals surface area contributed by atoms with Gasteiger partial charge in [0.2, 0.25) is 5.90 Å². The molecule has 1 heterocycles. The lowest BCUT2D eigenvalue weighted by molar-refractivity contribution is 0.0993. The fourth-order valence-electron chi connectivity index (χ4n) is 2.28. The van der Waals surface area contributed by atoms with Gasteiger partial charge in [-0.25, -0.2) is 4.99 Å². The SMILES string of the molecule is COC1=Nc2ccccc2C(=O)Cc2ccccc21. The van der Waals surface area contributed by atoms with Crippen molar-refractivity contribution in [2.75, 3.05) is 7.11 Å². The highest BCUT2D eigenvalue weighted by molar-refractivity contribution is 6.07. The van der Waals surface area contributed by atoms with Crippen LogP contribution in [-0.2, 0) is 11.2 Å². The number of ketones is 1. The molecule has 3 rings (SSSR count). The summed E-state index contributed by atoms with van der Waals surface area (Å²) >= 11 is 0. The van der Waals surface area contributed by atoms with Gasteiger partial charge in [0.05, 0.1) is 12.8 Å². The first kappa shape index (κ1) is 11.7. The number of benzene rings is 2. The van der Waals surface area contributed by atoms with Crippen molar-refractivity contribution in [3.63, 3.8) is 0 Å². The van der Waals surface area contributed by atoms with Gasteiger partial charge >= 0.3 is 0 Å². The van der Waals surface area contributed by atoms with E-state index in [1.807, 2.05) is 48.5 Å². The number of aliphatic imine (C=N–C) groups is 1. The predicted molar refractivity (Wildman–Crippen MR) is 74.1 cm³/mol. The lowest BCUT2D eigenvalue weighted by Crippen LogP contribution is -2.14. The van der Waals surface area contributed by atoms with Crippen LogP contribution in [0.25, 0.3) is 0 Å². The van der Waals surface area contributed by atoms with E-state index >= 15 is 0 Å². The van der Waals surface area contributed by atoms with E-state index < -0.39 is 0 Å². The molecule has 19 heavy (non-hydrogen) atoms. The van der Waals surface area contributed by atoms with Gasteiger partial charge in [-0.15, -0.1) is 0 Å². The number of ether oxygens (including phenoxy) is 1. The number of Topliss-reactive ketones (excluding diaryl/α,β-unsaturated/α-hetero) is 1. The third kappa shape index (κ3) is 2.03. The highest BCUT2D eigenvalue weighted by atomic mass is 16.5. The quantitative estimate of drug-likeness (QED) is 0.721. The molecule has 0 amide bonds. The number of rotatable bonds is 0. The van der Waals surface area contributed by atoms with E-state index in [1.165, 1.54) is 0 Å². The Morgan fingerprint density at radius 1 is 1.00 bits per heavy atom. The zero-order valence-corrected chi connectivity index (χ0v) is 10.6. The maximum Gasteiger partial charge on any atom is 0.221 e. The Labute approximate surface area is 111 Å². The third-order valence-corrected chi connectivity index (χ3v) is 3.22. The Morgan fingerprint density at radius 3 is 2.47 bits per heavy atom. The van der Waals surface area contributed by atoms with Gasteiger partial charge in [0, 0.05) is 17.5 Å². The number of carbonyl (C=O) groups excluding carboxylic acids is 1. The summed E-state index contributed by atoms with van der Waals surface area (Å²) in [4.78, 5) is 16.8. The molecule has 3 heteroatoms. The van der Waals surface area contributed by atoms with Crippen molar-refractivity contribution in [3.8, 4) is 0 Å². The van der Waals surface area contributed by atoms with Crippen LogP contribution in [0.4, 0.5) is 5.69 Å². The number of hydrogen-bond acceptors (Lipinski definition) is 3. The Balaban J connectivity index is 2.27. The molecule has 0 N–H and O–H groups in total. The molecule has 1 aliphatic heterocycles. The monoisotopic (exact) mass is 251 g/mol. The van der Waals surface area contributed by atoms with E-state index in [-0.39, 0.29) is 5.78 Å². The predicted octanol–water partition coefficient (Wildman–Crippen LogP) is 3.15. The van der Waals surface area contributed by atoms with E-state index in [4.69, 9.17) is 4.74 Å². The fraction of sp³-hybridized carbons (Fsp3) is 0.125. The first-order valence-corrected chi connectivity index (χ1v) is 6.13. The molecule has 0 spiro atoms. The molecular weight excluding hydrogens is 238 g/mol. The number of carbonyl (C=O) groups is 1. The van der Waals surface area contributed by atoms with Crippen molar-refractivity contribution in [1.82, 2.24) is 0 Å². The number of hydrogen-bond donors (Lipinski definition) is 0. The molecule has 2 aromatic carbocycles. The first-order valence-electron chi connectivity index (χ1n) is 6.13. The van der Waals surface area contributed by atoms with Gasteiger partial charge in [0.1, 0.15) is 0 Å². The molecule has 1 aliphatic rings. The van der Waals surface area contributed by atoms with Crippen LogP contribution < -0.4 is 0 Å². The van der Waals surface area contributed by atoms with Crippen molar-refractivity contribution in [2.45, 2.75) is 6.42 Å². The summed E-state index contributed by atoms with van der Waals surface area (Å²) in [6.07, 6.45) is 0.371. The lowest BCUT2D eigenvalue weighted by atomic mass is 9.96. The second kappa shape index (κ2) is 4.69. The van der Waals surface area contributed by atoms with Crippen molar-refractivity contribution >= 4 is 17.4 Å². The summed E-state index contributed by atoms with van der Waals surface area (Å²) in [7, 11) is 1.60. The molecule has 0 fully saturated rings. The van der Waals surface area contributed by atoms with Crippen LogP contribution in [0.2, 0.25) is 0 Å². The summed E-state index contributed by atoms with van der Waals surface area (Å²) in [6, 6.07) is 15.1. The largest absolute Gasteiger partial charge is 0.481 e. The van der Waals surface area contributed by atoms with Crippen LogP contribution >= 0.6 is 0 Å². The van der Waals surface area contributed by atoms with Crippen molar-refractivity contribution in [3.05, 3.63) is 65.2 Å². The van der Waals surface area contributed by atoms with Gasteiger partial charge in [-0.1, -0.05) is 30.3 Å². The lowest BCUT2D eigenvalue weighted by Gasteiger charge is -2.15. The molecule has 0 saturated heterocycles. The van der Waals surface area contributed by atoms with Crippen LogP contribution in [0.1, 0.15) is 21.5 Å². The van der Waals surface area contributed by atoms with E-state index in [2.05, 4.69) is 4.99 Å². The first-order chi connectivity index (χ1) is 9.29. The van der Waals surface area contributed by atoms with Gasteiger partial charge < -0.3 is 4.74 Å². The molecule has 0 saturated carbocycles. The summed E-state index contributed by atoms with van der Waals surface area (Å²) in [5.74, 6) is 0.637. The smallest absolute Gasteiger partial charge is 0.221 e. The average molecular weight is 251 g/mol. The number of fused-ring (bicyclic) bond motifs is 2. The molecule has 0 atom stereocenters. The molecule has 0 unspecified atom stereocenters. The standard InChI is InChI=1S/C16H13NO2/c1-19-16-12-7-3-2-6-11(12)10-15(18)13-8-4-5-9-14(13)17-16/h2-9H,10H2,1H3. The summed E-state index contributed by atoms with van der Waals surface area (Å²) in [6.45, 7) is 0. The third-order valence-electron chi connectivity index (χ3n) is 3.22. The average Bonchev–Trinajstić information content (AvgIpc) is 2.44. The topological polar surface area (TPSA) is 38.7 Å². The van der Waals surface area contributed by atoms with Crippen LogP contribution in [0.15, 0.2) is 53.5 Å².